The van der Waals surface area contributed by atoms with Gasteiger partial charge in [0.15, 0.2) is 0 Å². The first-order valence-electron chi connectivity index (χ1n) is 4.84. The molecule has 0 aliphatic heterocycles. The van der Waals surface area contributed by atoms with Crippen molar-refractivity contribution in [1.82, 2.24) is 20.5 Å². The number of nitrogens with zero attached hydrogens (tertiary/aromatic N) is 2. The van der Waals surface area contributed by atoms with E-state index in [-0.39, 0.29) is 6.04 Å². The first-order chi connectivity index (χ1) is 6.74. The van der Waals surface area contributed by atoms with E-state index >= 15 is 0 Å². The summed E-state index contributed by atoms with van der Waals surface area (Å²) in [5, 5.41) is 10.1. The van der Waals surface area contributed by atoms with Crippen LogP contribution < -0.4 is 5.32 Å². The molecule has 0 fully saturated rings. The molecule has 5 heteroatoms. The number of aromatic nitrogens is 3. The fourth-order valence-electron chi connectivity index (χ4n) is 1.31. The molecule has 5 nitrogen and oxygen atoms in total. The molecule has 0 amide bonds. The van der Waals surface area contributed by atoms with Crippen LogP contribution in [0.25, 0.3) is 0 Å². The van der Waals surface area contributed by atoms with Crippen LogP contribution in [0, 0.1) is 0 Å². The number of aromatic amines is 1. The van der Waals surface area contributed by atoms with E-state index in [0.29, 0.717) is 6.04 Å². The summed E-state index contributed by atoms with van der Waals surface area (Å²) in [6.07, 6.45) is 2.52. The van der Waals surface area contributed by atoms with E-state index in [1.54, 1.807) is 7.11 Å². The first kappa shape index (κ1) is 11.1. The van der Waals surface area contributed by atoms with Crippen LogP contribution in [0.4, 0.5) is 0 Å². The lowest BCUT2D eigenvalue weighted by Gasteiger charge is -2.17. The molecular weight excluding hydrogens is 180 g/mol. The quantitative estimate of drug-likeness (QED) is 0.712. The van der Waals surface area contributed by atoms with Gasteiger partial charge < -0.3 is 10.1 Å². The lowest BCUT2D eigenvalue weighted by Crippen LogP contribution is -2.30. The second-order valence-electron chi connectivity index (χ2n) is 3.44. The molecule has 0 saturated heterocycles. The number of H-pyrrole nitrogens is 1. The largest absolute Gasteiger partial charge is 0.385 e. The molecule has 1 aromatic heterocycles. The van der Waals surface area contributed by atoms with Gasteiger partial charge in [0, 0.05) is 19.8 Å². The third-order valence-corrected chi connectivity index (χ3v) is 2.13. The maximum atomic E-state index is 5.01. The van der Waals surface area contributed by atoms with Crippen molar-refractivity contribution < 1.29 is 4.74 Å². The van der Waals surface area contributed by atoms with Crippen LogP contribution in [0.5, 0.6) is 0 Å². The van der Waals surface area contributed by atoms with Crippen molar-refractivity contribution in [2.24, 2.45) is 0 Å². The SMILES string of the molecule is COCCC(C)NC(C)c1ncn[nH]1. The van der Waals surface area contributed by atoms with Gasteiger partial charge in [-0.1, -0.05) is 0 Å². The van der Waals surface area contributed by atoms with Crippen LogP contribution in [0.2, 0.25) is 0 Å². The molecule has 2 N–H and O–H groups in total. The van der Waals surface area contributed by atoms with E-state index in [9.17, 15) is 0 Å². The van der Waals surface area contributed by atoms with Crippen LogP contribution >= 0.6 is 0 Å². The molecule has 0 bridgehead atoms. The van der Waals surface area contributed by atoms with Crippen molar-refractivity contribution in [2.75, 3.05) is 13.7 Å². The molecule has 2 unspecified atom stereocenters. The highest BCUT2D eigenvalue weighted by Crippen LogP contribution is 2.06. The van der Waals surface area contributed by atoms with Gasteiger partial charge in [0.05, 0.1) is 6.04 Å². The molecule has 1 aromatic rings. The molecule has 2 atom stereocenters. The highest BCUT2D eigenvalue weighted by Gasteiger charge is 2.10. The third kappa shape index (κ3) is 3.43. The molecule has 0 aliphatic rings. The molecule has 0 radical (unpaired) electrons. The maximum Gasteiger partial charge on any atom is 0.141 e. The first-order valence-corrected chi connectivity index (χ1v) is 4.84. The summed E-state index contributed by atoms with van der Waals surface area (Å²) in [5.41, 5.74) is 0. The van der Waals surface area contributed by atoms with E-state index < -0.39 is 0 Å². The lowest BCUT2D eigenvalue weighted by atomic mass is 10.2. The molecular formula is C9H18N4O. The molecule has 1 heterocycles. The summed E-state index contributed by atoms with van der Waals surface area (Å²) in [7, 11) is 1.71. The zero-order chi connectivity index (χ0) is 10.4. The Labute approximate surface area is 84.3 Å². The van der Waals surface area contributed by atoms with Gasteiger partial charge in [-0.15, -0.1) is 0 Å². The number of hydrogen-bond acceptors (Lipinski definition) is 4. The Balaban J connectivity index is 2.29. The average molecular weight is 198 g/mol. The molecule has 0 aromatic carbocycles. The third-order valence-electron chi connectivity index (χ3n) is 2.13. The van der Waals surface area contributed by atoms with Gasteiger partial charge in [-0.3, -0.25) is 5.10 Å². The summed E-state index contributed by atoms with van der Waals surface area (Å²) >= 11 is 0. The Morgan fingerprint density at radius 1 is 1.57 bits per heavy atom. The standard InChI is InChI=1S/C9H18N4O/c1-7(4-5-14-3)12-8(2)9-10-6-11-13-9/h6-8,12H,4-5H2,1-3H3,(H,10,11,13). The molecule has 0 saturated carbocycles. The van der Waals surface area contributed by atoms with Gasteiger partial charge in [-0.2, -0.15) is 5.10 Å². The summed E-state index contributed by atoms with van der Waals surface area (Å²) in [6.45, 7) is 4.97. The number of ether oxygens (including phenoxy) is 1. The average Bonchev–Trinajstić information content (AvgIpc) is 2.67. The van der Waals surface area contributed by atoms with Crippen molar-refractivity contribution in [2.45, 2.75) is 32.4 Å². The normalized spacial score (nSPS) is 15.4. The molecule has 80 valence electrons. The van der Waals surface area contributed by atoms with Gasteiger partial charge >= 0.3 is 0 Å². The van der Waals surface area contributed by atoms with Crippen LogP contribution in [0.1, 0.15) is 32.1 Å². The fraction of sp³-hybridized carbons (Fsp3) is 0.778. The smallest absolute Gasteiger partial charge is 0.141 e. The zero-order valence-corrected chi connectivity index (χ0v) is 8.95. The second-order valence-corrected chi connectivity index (χ2v) is 3.44. The summed E-state index contributed by atoms with van der Waals surface area (Å²) in [4.78, 5) is 4.09. The minimum atomic E-state index is 0.198. The van der Waals surface area contributed by atoms with Crippen LogP contribution in [0.3, 0.4) is 0 Å². The number of methoxy groups -OCH3 is 1. The summed E-state index contributed by atoms with van der Waals surface area (Å²) in [5.74, 6) is 0.870. The van der Waals surface area contributed by atoms with E-state index in [4.69, 9.17) is 4.74 Å². The summed E-state index contributed by atoms with van der Waals surface area (Å²) in [6, 6.07) is 0.611. The van der Waals surface area contributed by atoms with Crippen molar-refractivity contribution in [1.29, 1.82) is 0 Å². The Hall–Kier alpha value is -0.940. The van der Waals surface area contributed by atoms with Crippen molar-refractivity contribution in [3.05, 3.63) is 12.2 Å². The Kier molecular flexibility index (Phi) is 4.55. The van der Waals surface area contributed by atoms with Crippen molar-refractivity contribution >= 4 is 0 Å². The lowest BCUT2D eigenvalue weighted by molar-refractivity contribution is 0.183. The van der Waals surface area contributed by atoms with Crippen molar-refractivity contribution in [3.63, 3.8) is 0 Å². The van der Waals surface area contributed by atoms with Crippen LogP contribution in [-0.2, 0) is 4.74 Å². The molecule has 0 aliphatic carbocycles. The molecule has 1 rings (SSSR count). The Morgan fingerprint density at radius 3 is 2.93 bits per heavy atom. The fourth-order valence-corrected chi connectivity index (χ4v) is 1.31. The minimum absolute atomic E-state index is 0.198. The Bertz CT molecular complexity index is 237. The maximum absolute atomic E-state index is 5.01. The highest BCUT2D eigenvalue weighted by atomic mass is 16.5. The van der Waals surface area contributed by atoms with E-state index in [2.05, 4.69) is 34.3 Å². The van der Waals surface area contributed by atoms with Gasteiger partial charge in [0.2, 0.25) is 0 Å². The van der Waals surface area contributed by atoms with E-state index in [0.717, 1.165) is 18.9 Å². The molecule has 0 spiro atoms. The van der Waals surface area contributed by atoms with Crippen LogP contribution in [0.15, 0.2) is 6.33 Å². The monoisotopic (exact) mass is 198 g/mol. The van der Waals surface area contributed by atoms with E-state index in [1.165, 1.54) is 6.33 Å². The number of hydrogen-bond donors (Lipinski definition) is 2. The predicted molar refractivity (Wildman–Crippen MR) is 53.9 cm³/mol. The topological polar surface area (TPSA) is 62.8 Å². The van der Waals surface area contributed by atoms with E-state index in [1.807, 2.05) is 0 Å². The number of rotatable bonds is 6. The number of nitrogens with one attached hydrogen (secondary N) is 2. The van der Waals surface area contributed by atoms with Gasteiger partial charge in [0.25, 0.3) is 0 Å². The van der Waals surface area contributed by atoms with Gasteiger partial charge in [-0.25, -0.2) is 4.98 Å². The van der Waals surface area contributed by atoms with Gasteiger partial charge in [0.1, 0.15) is 12.2 Å². The second kappa shape index (κ2) is 5.72. The Morgan fingerprint density at radius 2 is 2.36 bits per heavy atom. The zero-order valence-electron chi connectivity index (χ0n) is 8.95. The van der Waals surface area contributed by atoms with Crippen LogP contribution in [-0.4, -0.2) is 34.9 Å². The molecule has 14 heavy (non-hydrogen) atoms. The van der Waals surface area contributed by atoms with Crippen molar-refractivity contribution in [3.8, 4) is 0 Å². The highest BCUT2D eigenvalue weighted by molar-refractivity contribution is 4.89. The summed E-state index contributed by atoms with van der Waals surface area (Å²) < 4.78 is 5.01. The predicted octanol–water partition coefficient (Wildman–Crippen LogP) is 0.880. The van der Waals surface area contributed by atoms with Gasteiger partial charge in [-0.05, 0) is 20.3 Å². The minimum Gasteiger partial charge on any atom is -0.385 e.